The third-order valence-electron chi connectivity index (χ3n) is 4.03. The minimum Gasteiger partial charge on any atom is -0.352 e. The first-order chi connectivity index (χ1) is 11.9. The molecular formula is C18H18N2O4S. The number of fused-ring (bicyclic) bond motifs is 1. The van der Waals surface area contributed by atoms with E-state index in [1.165, 1.54) is 12.1 Å². The zero-order valence-electron chi connectivity index (χ0n) is 13.7. The smallest absolute Gasteiger partial charge is 0.269 e. The first-order valence-electron chi connectivity index (χ1n) is 7.88. The minimum atomic E-state index is -3.86. The molecule has 130 valence electrons. The van der Waals surface area contributed by atoms with Gasteiger partial charge in [0, 0.05) is 19.5 Å². The molecule has 0 unspecified atom stereocenters. The normalized spacial score (nSPS) is 15.1. The molecule has 0 spiro atoms. The summed E-state index contributed by atoms with van der Waals surface area (Å²) in [4.78, 5) is 24.3. The number of nitrogens with zero attached hydrogens (tertiary/aromatic N) is 1. The molecule has 0 aliphatic carbocycles. The summed E-state index contributed by atoms with van der Waals surface area (Å²) < 4.78 is 25.6. The fourth-order valence-electron chi connectivity index (χ4n) is 2.77. The lowest BCUT2D eigenvalue weighted by Gasteiger charge is -2.14. The van der Waals surface area contributed by atoms with Crippen LogP contribution in [0.3, 0.4) is 0 Å². The highest BCUT2D eigenvalue weighted by Gasteiger charge is 2.40. The van der Waals surface area contributed by atoms with E-state index in [1.807, 2.05) is 31.2 Å². The fourth-order valence-corrected chi connectivity index (χ4v) is 4.34. The average Bonchev–Trinajstić information content (AvgIpc) is 2.78. The highest BCUT2D eigenvalue weighted by molar-refractivity contribution is 7.90. The fraction of sp³-hybridized carbons (Fsp3) is 0.222. The molecule has 3 rings (SSSR count). The van der Waals surface area contributed by atoms with E-state index in [0.29, 0.717) is 6.54 Å². The van der Waals surface area contributed by atoms with Gasteiger partial charge in [0.25, 0.3) is 15.9 Å². The predicted octanol–water partition coefficient (Wildman–Crippen LogP) is 1.85. The monoisotopic (exact) mass is 358 g/mol. The lowest BCUT2D eigenvalue weighted by Crippen LogP contribution is -2.34. The molecule has 7 heteroatoms. The predicted molar refractivity (Wildman–Crippen MR) is 92.3 cm³/mol. The molecule has 0 aromatic heterocycles. The molecule has 0 radical (unpaired) electrons. The van der Waals surface area contributed by atoms with Crippen molar-refractivity contribution in [3.63, 3.8) is 0 Å². The summed E-state index contributed by atoms with van der Waals surface area (Å²) in [5.74, 6) is -0.887. The second kappa shape index (κ2) is 6.68. The number of sulfonamides is 1. The first kappa shape index (κ1) is 17.2. The van der Waals surface area contributed by atoms with E-state index < -0.39 is 15.9 Å². The zero-order chi connectivity index (χ0) is 18.0. The van der Waals surface area contributed by atoms with Crippen LogP contribution in [0.2, 0.25) is 0 Å². The Morgan fingerprint density at radius 3 is 2.60 bits per heavy atom. The van der Waals surface area contributed by atoms with Crippen molar-refractivity contribution in [2.75, 3.05) is 6.54 Å². The maximum atomic E-state index is 12.4. The van der Waals surface area contributed by atoms with Crippen LogP contribution < -0.4 is 5.32 Å². The molecule has 1 aliphatic rings. The summed E-state index contributed by atoms with van der Waals surface area (Å²) in [7, 11) is -3.86. The van der Waals surface area contributed by atoms with Crippen molar-refractivity contribution in [3.05, 3.63) is 65.2 Å². The van der Waals surface area contributed by atoms with Crippen LogP contribution in [0, 0.1) is 6.92 Å². The van der Waals surface area contributed by atoms with Crippen molar-refractivity contribution in [1.82, 2.24) is 9.62 Å². The Morgan fingerprint density at radius 2 is 1.88 bits per heavy atom. The van der Waals surface area contributed by atoms with Gasteiger partial charge in [-0.2, -0.15) is 0 Å². The van der Waals surface area contributed by atoms with Crippen molar-refractivity contribution in [3.8, 4) is 0 Å². The topological polar surface area (TPSA) is 83.6 Å². The molecule has 2 aromatic carbocycles. The molecule has 0 bridgehead atoms. The summed E-state index contributed by atoms with van der Waals surface area (Å²) >= 11 is 0. The van der Waals surface area contributed by atoms with E-state index in [2.05, 4.69) is 5.32 Å². The number of aryl methyl sites for hydroxylation is 1. The quantitative estimate of drug-likeness (QED) is 0.884. The second-order valence-corrected chi connectivity index (χ2v) is 7.73. The Balaban J connectivity index is 1.60. The van der Waals surface area contributed by atoms with Crippen molar-refractivity contribution < 1.29 is 18.0 Å². The molecule has 0 atom stereocenters. The van der Waals surface area contributed by atoms with Gasteiger partial charge >= 0.3 is 0 Å². The molecule has 1 N–H and O–H groups in total. The highest BCUT2D eigenvalue weighted by Crippen LogP contribution is 2.29. The van der Waals surface area contributed by atoms with E-state index in [-0.39, 0.29) is 29.3 Å². The Morgan fingerprint density at radius 1 is 1.12 bits per heavy atom. The van der Waals surface area contributed by atoms with Crippen molar-refractivity contribution in [2.24, 2.45) is 0 Å². The third-order valence-corrected chi connectivity index (χ3v) is 5.87. The molecule has 1 heterocycles. The molecule has 0 saturated heterocycles. The maximum absolute atomic E-state index is 12.4. The van der Waals surface area contributed by atoms with Gasteiger partial charge in [0.1, 0.15) is 4.90 Å². The highest BCUT2D eigenvalue weighted by atomic mass is 32.2. The molecular weight excluding hydrogens is 340 g/mol. The van der Waals surface area contributed by atoms with Crippen LogP contribution in [0.5, 0.6) is 0 Å². The Hall–Kier alpha value is -2.67. The Bertz CT molecular complexity index is 938. The minimum absolute atomic E-state index is 0.000156. The van der Waals surface area contributed by atoms with Gasteiger partial charge in [0.05, 0.1) is 5.56 Å². The molecule has 2 aromatic rings. The van der Waals surface area contributed by atoms with Crippen molar-refractivity contribution in [2.45, 2.75) is 24.8 Å². The number of carbonyl (C=O) groups is 2. The zero-order valence-corrected chi connectivity index (χ0v) is 14.5. The lowest BCUT2D eigenvalue weighted by atomic mass is 10.1. The average molecular weight is 358 g/mol. The first-order valence-corrected chi connectivity index (χ1v) is 9.32. The van der Waals surface area contributed by atoms with Crippen LogP contribution in [0.25, 0.3) is 0 Å². The van der Waals surface area contributed by atoms with E-state index in [9.17, 15) is 18.0 Å². The number of hydrogen-bond acceptors (Lipinski definition) is 4. The summed E-state index contributed by atoms with van der Waals surface area (Å²) in [5, 5.41) is 2.74. The summed E-state index contributed by atoms with van der Waals surface area (Å²) in [6.45, 7) is 2.16. The van der Waals surface area contributed by atoms with Gasteiger partial charge in [-0.25, -0.2) is 12.7 Å². The lowest BCUT2D eigenvalue weighted by molar-refractivity contribution is -0.121. The van der Waals surface area contributed by atoms with Gasteiger partial charge in [-0.05, 0) is 24.6 Å². The van der Waals surface area contributed by atoms with Crippen molar-refractivity contribution >= 4 is 21.8 Å². The van der Waals surface area contributed by atoms with Gasteiger partial charge in [-0.15, -0.1) is 0 Å². The Labute approximate surface area is 146 Å². The number of hydrogen-bond donors (Lipinski definition) is 1. The molecule has 25 heavy (non-hydrogen) atoms. The SMILES string of the molecule is Cc1cccc(CNC(=O)CCN2C(=O)c3ccccc3S2(=O)=O)c1. The Kier molecular flexibility index (Phi) is 4.59. The van der Waals surface area contributed by atoms with Gasteiger partial charge < -0.3 is 5.32 Å². The molecule has 2 amide bonds. The summed E-state index contributed by atoms with van der Waals surface area (Å²) in [5.41, 5.74) is 2.21. The number of carbonyl (C=O) groups excluding carboxylic acids is 2. The van der Waals surface area contributed by atoms with Crippen molar-refractivity contribution in [1.29, 1.82) is 0 Å². The van der Waals surface area contributed by atoms with Gasteiger partial charge in [-0.3, -0.25) is 9.59 Å². The summed E-state index contributed by atoms with van der Waals surface area (Å²) in [6.07, 6.45) is -0.0786. The van der Waals surface area contributed by atoms with Crippen LogP contribution in [0.15, 0.2) is 53.4 Å². The third kappa shape index (κ3) is 3.41. The van der Waals surface area contributed by atoms with Gasteiger partial charge in [-0.1, -0.05) is 42.0 Å². The number of rotatable bonds is 5. The van der Waals surface area contributed by atoms with Crippen LogP contribution in [-0.2, 0) is 21.4 Å². The molecule has 0 saturated carbocycles. The second-order valence-electron chi connectivity index (χ2n) is 5.89. The van der Waals surface area contributed by atoms with Crippen LogP contribution in [0.1, 0.15) is 27.9 Å². The van der Waals surface area contributed by atoms with Gasteiger partial charge in [0.2, 0.25) is 5.91 Å². The number of amides is 2. The van der Waals surface area contributed by atoms with Crippen LogP contribution >= 0.6 is 0 Å². The number of nitrogens with one attached hydrogen (secondary N) is 1. The largest absolute Gasteiger partial charge is 0.352 e. The summed E-state index contributed by atoms with van der Waals surface area (Å²) in [6, 6.07) is 13.8. The van der Waals surface area contributed by atoms with E-state index in [0.717, 1.165) is 15.4 Å². The van der Waals surface area contributed by atoms with E-state index >= 15 is 0 Å². The number of benzene rings is 2. The maximum Gasteiger partial charge on any atom is 0.269 e. The van der Waals surface area contributed by atoms with Gasteiger partial charge in [0.15, 0.2) is 0 Å². The van der Waals surface area contributed by atoms with E-state index in [4.69, 9.17) is 0 Å². The van der Waals surface area contributed by atoms with E-state index in [1.54, 1.807) is 12.1 Å². The molecule has 1 aliphatic heterocycles. The van der Waals surface area contributed by atoms with Crippen LogP contribution in [-0.4, -0.2) is 31.1 Å². The molecule has 6 nitrogen and oxygen atoms in total. The molecule has 0 fully saturated rings. The standard InChI is InChI=1S/C18H18N2O4S/c1-13-5-4-6-14(11-13)12-19-17(21)9-10-20-18(22)15-7-2-3-8-16(15)25(20,23)24/h2-8,11H,9-10,12H2,1H3,(H,19,21). The van der Waals surface area contributed by atoms with Crippen LogP contribution in [0.4, 0.5) is 0 Å².